The second-order valence-corrected chi connectivity index (χ2v) is 5.20. The van der Waals surface area contributed by atoms with Crippen LogP contribution in [0.4, 0.5) is 18.9 Å². The lowest BCUT2D eigenvalue weighted by Crippen LogP contribution is -2.36. The van der Waals surface area contributed by atoms with E-state index in [1.165, 1.54) is 6.07 Å². The Hall–Kier alpha value is -0.940. The molecule has 0 aliphatic heterocycles. The van der Waals surface area contributed by atoms with Crippen molar-refractivity contribution in [3.05, 3.63) is 28.8 Å². The van der Waals surface area contributed by atoms with Crippen molar-refractivity contribution in [2.75, 3.05) is 5.32 Å². The van der Waals surface area contributed by atoms with Gasteiger partial charge in [0, 0.05) is 0 Å². The van der Waals surface area contributed by atoms with Gasteiger partial charge < -0.3 is 10.4 Å². The Morgan fingerprint density at radius 3 is 2.53 bits per heavy atom. The molecule has 2 atom stereocenters. The molecule has 6 heteroatoms. The van der Waals surface area contributed by atoms with E-state index in [0.717, 1.165) is 31.4 Å². The Labute approximate surface area is 114 Å². The van der Waals surface area contributed by atoms with Crippen molar-refractivity contribution in [2.45, 2.75) is 44.0 Å². The fraction of sp³-hybridized carbons (Fsp3) is 0.538. The van der Waals surface area contributed by atoms with Gasteiger partial charge in [0.15, 0.2) is 0 Å². The summed E-state index contributed by atoms with van der Waals surface area (Å²) in [5.74, 6) is 0. The van der Waals surface area contributed by atoms with Crippen molar-refractivity contribution in [3.8, 4) is 0 Å². The SMILES string of the molecule is O[C@@H]1CCCC[C@H]1Nc1cc(C(F)(F)F)ccc1Cl. The lowest BCUT2D eigenvalue weighted by atomic mass is 9.92. The fourth-order valence-corrected chi connectivity index (χ4v) is 2.46. The van der Waals surface area contributed by atoms with E-state index in [0.29, 0.717) is 6.42 Å². The van der Waals surface area contributed by atoms with Gasteiger partial charge in [-0.1, -0.05) is 24.4 Å². The molecule has 0 spiro atoms. The molecule has 0 bridgehead atoms. The second kappa shape index (κ2) is 5.59. The number of aliphatic hydroxyl groups is 1. The Balaban J connectivity index is 2.19. The summed E-state index contributed by atoms with van der Waals surface area (Å²) < 4.78 is 37.9. The minimum Gasteiger partial charge on any atom is -0.391 e. The predicted molar refractivity (Wildman–Crippen MR) is 68.3 cm³/mol. The van der Waals surface area contributed by atoms with Crippen molar-refractivity contribution in [1.82, 2.24) is 0 Å². The van der Waals surface area contributed by atoms with Crippen molar-refractivity contribution < 1.29 is 18.3 Å². The predicted octanol–water partition coefficient (Wildman–Crippen LogP) is 4.07. The number of hydrogen-bond donors (Lipinski definition) is 2. The molecule has 0 amide bonds. The highest BCUT2D eigenvalue weighted by atomic mass is 35.5. The van der Waals surface area contributed by atoms with Crippen LogP contribution in [0.15, 0.2) is 18.2 Å². The van der Waals surface area contributed by atoms with Crippen LogP contribution in [0.25, 0.3) is 0 Å². The van der Waals surface area contributed by atoms with Crippen molar-refractivity contribution >= 4 is 17.3 Å². The number of benzene rings is 1. The summed E-state index contributed by atoms with van der Waals surface area (Å²) >= 11 is 5.90. The Morgan fingerprint density at radius 1 is 1.21 bits per heavy atom. The van der Waals surface area contributed by atoms with E-state index >= 15 is 0 Å². The van der Waals surface area contributed by atoms with E-state index in [4.69, 9.17) is 11.6 Å². The van der Waals surface area contributed by atoms with E-state index in [-0.39, 0.29) is 16.8 Å². The topological polar surface area (TPSA) is 32.3 Å². The summed E-state index contributed by atoms with van der Waals surface area (Å²) in [6.07, 6.45) is -1.66. The molecular formula is C13H15ClF3NO. The Bertz CT molecular complexity index is 450. The third-order valence-electron chi connectivity index (χ3n) is 3.36. The first-order valence-corrected chi connectivity index (χ1v) is 6.57. The molecule has 0 saturated heterocycles. The van der Waals surface area contributed by atoms with Crippen LogP contribution in [0.5, 0.6) is 0 Å². The van der Waals surface area contributed by atoms with Crippen molar-refractivity contribution in [1.29, 1.82) is 0 Å². The molecule has 1 aliphatic rings. The third-order valence-corrected chi connectivity index (χ3v) is 3.69. The van der Waals surface area contributed by atoms with E-state index in [1.807, 2.05) is 0 Å². The van der Waals surface area contributed by atoms with Crippen LogP contribution >= 0.6 is 11.6 Å². The van der Waals surface area contributed by atoms with E-state index in [1.54, 1.807) is 0 Å². The van der Waals surface area contributed by atoms with Gasteiger partial charge in [-0.05, 0) is 31.0 Å². The molecule has 0 radical (unpaired) electrons. The maximum atomic E-state index is 12.6. The summed E-state index contributed by atoms with van der Waals surface area (Å²) in [6.45, 7) is 0. The highest BCUT2D eigenvalue weighted by Gasteiger charge is 2.31. The molecule has 1 aliphatic carbocycles. The van der Waals surface area contributed by atoms with Crippen LogP contribution in [0.3, 0.4) is 0 Å². The van der Waals surface area contributed by atoms with Gasteiger partial charge in [0.2, 0.25) is 0 Å². The number of hydrogen-bond acceptors (Lipinski definition) is 2. The van der Waals surface area contributed by atoms with Crippen LogP contribution in [-0.2, 0) is 6.18 Å². The normalized spacial score (nSPS) is 24.3. The highest BCUT2D eigenvalue weighted by Crippen LogP contribution is 2.35. The molecule has 2 nitrogen and oxygen atoms in total. The smallest absolute Gasteiger partial charge is 0.391 e. The molecule has 1 saturated carbocycles. The van der Waals surface area contributed by atoms with Gasteiger partial charge in [0.25, 0.3) is 0 Å². The lowest BCUT2D eigenvalue weighted by molar-refractivity contribution is -0.137. The molecular weight excluding hydrogens is 279 g/mol. The van der Waals surface area contributed by atoms with Gasteiger partial charge in [-0.15, -0.1) is 0 Å². The highest BCUT2D eigenvalue weighted by molar-refractivity contribution is 6.33. The van der Waals surface area contributed by atoms with Gasteiger partial charge in [0.1, 0.15) is 0 Å². The maximum Gasteiger partial charge on any atom is 0.416 e. The zero-order valence-corrected chi connectivity index (χ0v) is 10.9. The summed E-state index contributed by atoms with van der Waals surface area (Å²) in [5, 5.41) is 13.0. The average Bonchev–Trinajstić information content (AvgIpc) is 2.33. The molecule has 0 heterocycles. The number of aliphatic hydroxyl groups excluding tert-OH is 1. The van der Waals surface area contributed by atoms with Crippen LogP contribution in [0.1, 0.15) is 31.2 Å². The second-order valence-electron chi connectivity index (χ2n) is 4.80. The largest absolute Gasteiger partial charge is 0.416 e. The minimum absolute atomic E-state index is 0.224. The molecule has 1 aromatic rings. The lowest BCUT2D eigenvalue weighted by Gasteiger charge is -2.29. The van der Waals surface area contributed by atoms with E-state index < -0.39 is 17.8 Å². The quantitative estimate of drug-likeness (QED) is 0.861. The van der Waals surface area contributed by atoms with Crippen LogP contribution in [-0.4, -0.2) is 17.3 Å². The number of nitrogens with one attached hydrogen (secondary N) is 1. The maximum absolute atomic E-state index is 12.6. The zero-order valence-electron chi connectivity index (χ0n) is 10.2. The molecule has 1 aromatic carbocycles. The molecule has 1 fully saturated rings. The number of anilines is 1. The molecule has 2 N–H and O–H groups in total. The number of halogens is 4. The third kappa shape index (κ3) is 3.54. The standard InChI is InChI=1S/C13H15ClF3NO/c14-9-6-5-8(13(15,16)17)7-11(9)18-10-3-1-2-4-12(10)19/h5-7,10,12,18-19H,1-4H2/t10-,12-/m1/s1. The molecule has 2 rings (SSSR count). The van der Waals surface area contributed by atoms with Gasteiger partial charge in [-0.25, -0.2) is 0 Å². The van der Waals surface area contributed by atoms with E-state index in [2.05, 4.69) is 5.32 Å². The zero-order chi connectivity index (χ0) is 14.0. The summed E-state index contributed by atoms with van der Waals surface area (Å²) in [4.78, 5) is 0. The monoisotopic (exact) mass is 293 g/mol. The number of rotatable bonds is 2. The van der Waals surface area contributed by atoms with Gasteiger partial charge in [-0.2, -0.15) is 13.2 Å². The molecule has 0 aromatic heterocycles. The first-order valence-electron chi connectivity index (χ1n) is 6.19. The van der Waals surface area contributed by atoms with Crippen molar-refractivity contribution in [2.24, 2.45) is 0 Å². The van der Waals surface area contributed by atoms with Crippen LogP contribution < -0.4 is 5.32 Å². The molecule has 0 unspecified atom stereocenters. The minimum atomic E-state index is -4.40. The van der Waals surface area contributed by atoms with E-state index in [9.17, 15) is 18.3 Å². The van der Waals surface area contributed by atoms with Crippen molar-refractivity contribution in [3.63, 3.8) is 0 Å². The fourth-order valence-electron chi connectivity index (χ4n) is 2.29. The van der Waals surface area contributed by atoms with Gasteiger partial charge in [0.05, 0.1) is 28.4 Å². The summed E-state index contributed by atoms with van der Waals surface area (Å²) in [5.41, 5.74) is -0.521. The Kier molecular flexibility index (Phi) is 4.26. The average molecular weight is 294 g/mol. The van der Waals surface area contributed by atoms with Gasteiger partial charge >= 0.3 is 6.18 Å². The number of alkyl halides is 3. The molecule has 19 heavy (non-hydrogen) atoms. The summed E-state index contributed by atoms with van der Waals surface area (Å²) in [6, 6.07) is 2.92. The molecule has 106 valence electrons. The first kappa shape index (κ1) is 14.5. The Morgan fingerprint density at radius 2 is 1.89 bits per heavy atom. The van der Waals surface area contributed by atoms with Gasteiger partial charge in [-0.3, -0.25) is 0 Å². The first-order chi connectivity index (χ1) is 8.88. The summed E-state index contributed by atoms with van der Waals surface area (Å²) in [7, 11) is 0. The van der Waals surface area contributed by atoms with Crippen LogP contribution in [0.2, 0.25) is 5.02 Å². The van der Waals surface area contributed by atoms with Crippen LogP contribution in [0, 0.1) is 0 Å².